The first-order valence-corrected chi connectivity index (χ1v) is 3.79. The summed E-state index contributed by atoms with van der Waals surface area (Å²) in [6.07, 6.45) is 0. The van der Waals surface area contributed by atoms with Gasteiger partial charge in [0.1, 0.15) is 0 Å². The van der Waals surface area contributed by atoms with Crippen molar-refractivity contribution in [3.8, 4) is 0 Å². The molecule has 0 atom stereocenters. The highest BCUT2D eigenvalue weighted by Crippen LogP contribution is 2.13. The fraction of sp³-hybridized carbons (Fsp3) is 0.222. The van der Waals surface area contributed by atoms with Gasteiger partial charge in [0.25, 0.3) is 0 Å². The van der Waals surface area contributed by atoms with Gasteiger partial charge < -0.3 is 11.1 Å². The number of benzene rings is 1. The molecule has 0 radical (unpaired) electrons. The van der Waals surface area contributed by atoms with Gasteiger partial charge in [-0.05, 0) is 11.6 Å². The van der Waals surface area contributed by atoms with E-state index in [0.717, 1.165) is 11.3 Å². The fourth-order valence-electron chi connectivity index (χ4n) is 1.01. The van der Waals surface area contributed by atoms with Crippen LogP contribution in [0.5, 0.6) is 0 Å². The molecule has 0 aliphatic heterocycles. The Morgan fingerprint density at radius 2 is 2.17 bits per heavy atom. The number of amides is 1. The Morgan fingerprint density at radius 1 is 1.50 bits per heavy atom. The van der Waals surface area contributed by atoms with Gasteiger partial charge in [-0.2, -0.15) is 0 Å². The molecule has 1 amide bonds. The molecule has 0 spiro atoms. The molecule has 3 heteroatoms. The van der Waals surface area contributed by atoms with Crippen LogP contribution in [-0.4, -0.2) is 5.91 Å². The van der Waals surface area contributed by atoms with Crippen LogP contribution in [-0.2, 0) is 11.3 Å². The zero-order valence-electron chi connectivity index (χ0n) is 7.00. The number of nitrogens with two attached hydrogens (primary N) is 1. The van der Waals surface area contributed by atoms with E-state index in [2.05, 4.69) is 5.32 Å². The van der Waals surface area contributed by atoms with E-state index in [1.807, 2.05) is 24.3 Å². The zero-order chi connectivity index (χ0) is 8.97. The second kappa shape index (κ2) is 3.88. The first kappa shape index (κ1) is 8.74. The summed E-state index contributed by atoms with van der Waals surface area (Å²) in [5.41, 5.74) is 7.23. The Labute approximate surface area is 71.6 Å². The topological polar surface area (TPSA) is 55.1 Å². The molecule has 0 unspecified atom stereocenters. The van der Waals surface area contributed by atoms with Gasteiger partial charge >= 0.3 is 0 Å². The van der Waals surface area contributed by atoms with Crippen molar-refractivity contribution in [3.05, 3.63) is 29.8 Å². The predicted molar refractivity (Wildman–Crippen MR) is 48.6 cm³/mol. The number of rotatable bonds is 2. The van der Waals surface area contributed by atoms with Crippen LogP contribution < -0.4 is 11.1 Å². The highest BCUT2D eigenvalue weighted by Gasteiger charge is 1.99. The molecule has 3 nitrogen and oxygen atoms in total. The van der Waals surface area contributed by atoms with Crippen molar-refractivity contribution < 1.29 is 4.79 Å². The van der Waals surface area contributed by atoms with Crippen LogP contribution in [0.1, 0.15) is 12.5 Å². The summed E-state index contributed by atoms with van der Waals surface area (Å²) in [5.74, 6) is -0.0732. The molecular formula is C9H12N2O. The minimum atomic E-state index is -0.0732. The van der Waals surface area contributed by atoms with Gasteiger partial charge in [-0.3, -0.25) is 4.79 Å². The third-order valence-electron chi connectivity index (χ3n) is 1.55. The summed E-state index contributed by atoms with van der Waals surface area (Å²) in [5, 5.41) is 2.71. The molecule has 0 aliphatic rings. The van der Waals surface area contributed by atoms with Gasteiger partial charge in [0.15, 0.2) is 0 Å². The van der Waals surface area contributed by atoms with Crippen LogP contribution in [0.15, 0.2) is 24.3 Å². The van der Waals surface area contributed by atoms with Crippen molar-refractivity contribution in [1.29, 1.82) is 0 Å². The molecule has 1 aromatic carbocycles. The van der Waals surface area contributed by atoms with Gasteiger partial charge in [-0.15, -0.1) is 0 Å². The number of hydrogen-bond donors (Lipinski definition) is 2. The molecule has 0 aliphatic carbocycles. The lowest BCUT2D eigenvalue weighted by Gasteiger charge is -2.06. The Bertz CT molecular complexity index is 284. The molecule has 0 aromatic heterocycles. The van der Waals surface area contributed by atoms with Gasteiger partial charge in [-0.25, -0.2) is 0 Å². The monoisotopic (exact) mass is 164 g/mol. The largest absolute Gasteiger partial charge is 0.326 e. The van der Waals surface area contributed by atoms with Gasteiger partial charge in [0.2, 0.25) is 5.91 Å². The molecule has 0 bridgehead atoms. The molecule has 64 valence electrons. The van der Waals surface area contributed by atoms with E-state index < -0.39 is 0 Å². The van der Waals surface area contributed by atoms with Crippen molar-refractivity contribution in [2.75, 3.05) is 5.32 Å². The smallest absolute Gasteiger partial charge is 0.221 e. The van der Waals surface area contributed by atoms with E-state index in [1.54, 1.807) is 0 Å². The summed E-state index contributed by atoms with van der Waals surface area (Å²) in [7, 11) is 0. The van der Waals surface area contributed by atoms with Crippen molar-refractivity contribution in [1.82, 2.24) is 0 Å². The van der Waals surface area contributed by atoms with Crippen molar-refractivity contribution >= 4 is 11.6 Å². The Balaban J connectivity index is 2.89. The second-order valence-corrected chi connectivity index (χ2v) is 2.54. The molecule has 0 fully saturated rings. The van der Waals surface area contributed by atoms with Crippen LogP contribution in [0.25, 0.3) is 0 Å². The fourth-order valence-corrected chi connectivity index (χ4v) is 1.01. The molecule has 1 aromatic rings. The Morgan fingerprint density at radius 3 is 2.75 bits per heavy atom. The quantitative estimate of drug-likeness (QED) is 0.687. The highest BCUT2D eigenvalue weighted by atomic mass is 16.1. The van der Waals surface area contributed by atoms with Crippen LogP contribution in [0.3, 0.4) is 0 Å². The zero-order valence-corrected chi connectivity index (χ0v) is 7.00. The highest BCUT2D eigenvalue weighted by molar-refractivity contribution is 5.89. The molecular weight excluding hydrogens is 152 g/mol. The summed E-state index contributed by atoms with van der Waals surface area (Å²) < 4.78 is 0. The lowest BCUT2D eigenvalue weighted by Crippen LogP contribution is -2.09. The number of nitrogens with one attached hydrogen (secondary N) is 1. The summed E-state index contributed by atoms with van der Waals surface area (Å²) in [4.78, 5) is 10.7. The average molecular weight is 164 g/mol. The number of para-hydroxylation sites is 1. The first-order chi connectivity index (χ1) is 5.74. The molecule has 0 saturated heterocycles. The third-order valence-corrected chi connectivity index (χ3v) is 1.55. The summed E-state index contributed by atoms with van der Waals surface area (Å²) in [6.45, 7) is 1.92. The third kappa shape index (κ3) is 2.07. The molecule has 3 N–H and O–H groups in total. The van der Waals surface area contributed by atoms with E-state index in [4.69, 9.17) is 5.73 Å². The Hall–Kier alpha value is -1.35. The van der Waals surface area contributed by atoms with Gasteiger partial charge in [-0.1, -0.05) is 18.2 Å². The lowest BCUT2D eigenvalue weighted by atomic mass is 10.2. The van der Waals surface area contributed by atoms with E-state index in [9.17, 15) is 4.79 Å². The van der Waals surface area contributed by atoms with E-state index in [0.29, 0.717) is 6.54 Å². The molecule has 1 rings (SSSR count). The minimum absolute atomic E-state index is 0.0732. The Kier molecular flexibility index (Phi) is 2.82. The summed E-state index contributed by atoms with van der Waals surface area (Å²) in [6, 6.07) is 7.49. The van der Waals surface area contributed by atoms with Crippen LogP contribution >= 0.6 is 0 Å². The van der Waals surface area contributed by atoms with E-state index >= 15 is 0 Å². The number of anilines is 1. The van der Waals surface area contributed by atoms with E-state index in [-0.39, 0.29) is 5.91 Å². The maximum absolute atomic E-state index is 10.7. The maximum Gasteiger partial charge on any atom is 0.221 e. The summed E-state index contributed by atoms with van der Waals surface area (Å²) >= 11 is 0. The lowest BCUT2D eigenvalue weighted by molar-refractivity contribution is -0.114. The van der Waals surface area contributed by atoms with Gasteiger partial charge in [0, 0.05) is 19.2 Å². The standard InChI is InChI=1S/C9H12N2O/c1-7(12)11-9-5-3-2-4-8(9)6-10/h2-5H,6,10H2,1H3,(H,11,12). The molecule has 0 saturated carbocycles. The average Bonchev–Trinajstić information content (AvgIpc) is 2.04. The minimum Gasteiger partial charge on any atom is -0.326 e. The number of carbonyl (C=O) groups is 1. The normalized spacial score (nSPS) is 9.50. The van der Waals surface area contributed by atoms with Crippen LogP contribution in [0, 0.1) is 0 Å². The van der Waals surface area contributed by atoms with Crippen molar-refractivity contribution in [3.63, 3.8) is 0 Å². The van der Waals surface area contributed by atoms with Crippen molar-refractivity contribution in [2.24, 2.45) is 5.73 Å². The number of hydrogen-bond acceptors (Lipinski definition) is 2. The maximum atomic E-state index is 10.7. The SMILES string of the molecule is CC(=O)Nc1ccccc1CN. The van der Waals surface area contributed by atoms with Crippen molar-refractivity contribution in [2.45, 2.75) is 13.5 Å². The van der Waals surface area contributed by atoms with Gasteiger partial charge in [0.05, 0.1) is 0 Å². The second-order valence-electron chi connectivity index (χ2n) is 2.54. The molecule has 12 heavy (non-hydrogen) atoms. The molecule has 0 heterocycles. The first-order valence-electron chi connectivity index (χ1n) is 3.79. The van der Waals surface area contributed by atoms with E-state index in [1.165, 1.54) is 6.92 Å². The van der Waals surface area contributed by atoms with Crippen LogP contribution in [0.2, 0.25) is 0 Å². The number of carbonyl (C=O) groups excluding carboxylic acids is 1. The predicted octanol–water partition coefficient (Wildman–Crippen LogP) is 1.10. The van der Waals surface area contributed by atoms with Crippen LogP contribution in [0.4, 0.5) is 5.69 Å².